The van der Waals surface area contributed by atoms with Crippen LogP contribution in [0.4, 0.5) is 0 Å². The van der Waals surface area contributed by atoms with E-state index in [0.717, 1.165) is 49.1 Å². The third-order valence-corrected chi connectivity index (χ3v) is 9.23. The van der Waals surface area contributed by atoms with Gasteiger partial charge in [-0.2, -0.15) is 0 Å². The van der Waals surface area contributed by atoms with Crippen LogP contribution >= 0.6 is 0 Å². The zero-order chi connectivity index (χ0) is 33.5. The largest absolute Gasteiger partial charge is 0.454 e. The summed E-state index contributed by atoms with van der Waals surface area (Å²) < 4.78 is 6.65. The SMILES string of the molecule is [Zn].c1ccc2c(c1)-c1nc-2nc2[n-]c(nc3nc(nc4[n-]c(n1)c1ccccc41)-c1cccc(Oc4cccc5cccnc45)c1-3)c1ccccc21. The Morgan fingerprint density at radius 3 is 1.48 bits per heavy atom. The molecule has 11 rings (SSSR count). The first-order valence-corrected chi connectivity index (χ1v) is 16.4. The van der Waals surface area contributed by atoms with Gasteiger partial charge < -0.3 is 34.6 Å². The molecule has 240 valence electrons. The van der Waals surface area contributed by atoms with Gasteiger partial charge >= 0.3 is 0 Å². The first-order chi connectivity index (χ1) is 25.2. The molecule has 0 amide bonds. The van der Waals surface area contributed by atoms with Gasteiger partial charge in [0.1, 0.15) is 11.3 Å². The Kier molecular flexibility index (Phi) is 6.77. The molecule has 2 aliphatic rings. The second kappa shape index (κ2) is 11.7. The van der Waals surface area contributed by atoms with Gasteiger partial charge in [0.25, 0.3) is 0 Å². The van der Waals surface area contributed by atoms with Crippen molar-refractivity contribution < 1.29 is 24.2 Å². The Balaban J connectivity index is 0.00000338. The summed E-state index contributed by atoms with van der Waals surface area (Å²) in [6.45, 7) is 0. The second-order valence-electron chi connectivity index (χ2n) is 12.2. The van der Waals surface area contributed by atoms with Crippen LogP contribution in [0, 0.1) is 0 Å². The third kappa shape index (κ3) is 4.63. The summed E-state index contributed by atoms with van der Waals surface area (Å²) in [5.74, 6) is 3.09. The normalized spacial score (nSPS) is 11.7. The minimum absolute atomic E-state index is 0. The number of benzene rings is 5. The van der Waals surface area contributed by atoms with Crippen molar-refractivity contribution in [1.29, 1.82) is 0 Å². The van der Waals surface area contributed by atoms with E-state index in [1.165, 1.54) is 0 Å². The molecule has 52 heavy (non-hydrogen) atoms. The first kappa shape index (κ1) is 30.1. The predicted molar refractivity (Wildman–Crippen MR) is 196 cm³/mol. The molecule has 0 fully saturated rings. The molecule has 11 heteroatoms. The molecule has 2 aliphatic heterocycles. The number of pyridine rings is 1. The quantitative estimate of drug-likeness (QED) is 0.161. The maximum Gasteiger partial charge on any atom is 0.153 e. The van der Waals surface area contributed by atoms with Gasteiger partial charge in [-0.25, -0.2) is 9.97 Å². The van der Waals surface area contributed by atoms with Crippen LogP contribution in [0.15, 0.2) is 128 Å². The van der Waals surface area contributed by atoms with Crippen molar-refractivity contribution in [2.45, 2.75) is 0 Å². The molecule has 0 radical (unpaired) electrons. The smallest absolute Gasteiger partial charge is 0.153 e. The molecular formula is C41H21N9OZn-2. The van der Waals surface area contributed by atoms with Crippen molar-refractivity contribution in [1.82, 2.24) is 44.9 Å². The molecule has 9 aromatic rings. The number of fused-ring (bicyclic) bond motifs is 21. The Hall–Kier alpha value is -6.71. The maximum absolute atomic E-state index is 6.65. The van der Waals surface area contributed by atoms with Crippen molar-refractivity contribution in [3.8, 4) is 57.1 Å². The van der Waals surface area contributed by atoms with Crippen LogP contribution in [0.2, 0.25) is 0 Å². The van der Waals surface area contributed by atoms with Gasteiger partial charge in [0.05, 0.1) is 28.9 Å². The second-order valence-corrected chi connectivity index (χ2v) is 12.2. The van der Waals surface area contributed by atoms with Crippen LogP contribution in [0.25, 0.3) is 101 Å². The predicted octanol–water partition coefficient (Wildman–Crippen LogP) is 8.47. The van der Waals surface area contributed by atoms with Gasteiger partial charge in [-0.05, 0) is 39.7 Å². The molecule has 8 bridgehead atoms. The number of hydrogen-bond acceptors (Lipinski definition) is 8. The molecule has 10 nitrogen and oxygen atoms in total. The third-order valence-electron chi connectivity index (χ3n) is 9.23. The van der Waals surface area contributed by atoms with Gasteiger partial charge in [0.15, 0.2) is 5.75 Å². The number of hydrogen-bond donors (Lipinski definition) is 0. The van der Waals surface area contributed by atoms with Crippen LogP contribution in [0.5, 0.6) is 11.5 Å². The van der Waals surface area contributed by atoms with Crippen molar-refractivity contribution in [2.75, 3.05) is 0 Å². The van der Waals surface area contributed by atoms with E-state index in [0.29, 0.717) is 62.9 Å². The van der Waals surface area contributed by atoms with Crippen molar-refractivity contribution in [3.05, 3.63) is 128 Å². The Morgan fingerprint density at radius 2 is 0.865 bits per heavy atom. The molecule has 0 N–H and O–H groups in total. The molecule has 0 aliphatic carbocycles. The molecule has 0 unspecified atom stereocenters. The standard InChI is InChI=1S/C41H21N9O.Zn/c1-2-13-24-23(12-1)34-43-35(24)45-37-27-16-5-6-17-28(27)39(47-37)49-41-32-29(40(50-41)48-38-26-15-4-3-14-25(26)36(44-34)46-38)18-8-19-30(32)51-31-20-7-10-22-11-9-21-42-33(22)31;/h1-21H;/q-2;. The number of nitrogens with zero attached hydrogens (tertiary/aromatic N) is 9. The maximum atomic E-state index is 6.65. The van der Waals surface area contributed by atoms with Gasteiger partial charge in [-0.15, -0.1) is 0 Å². The Labute approximate surface area is 307 Å². The summed E-state index contributed by atoms with van der Waals surface area (Å²) in [5.41, 5.74) is 5.91. The molecule has 0 saturated heterocycles. The molecule has 0 spiro atoms. The first-order valence-electron chi connectivity index (χ1n) is 16.4. The number of aromatic nitrogens is 9. The van der Waals surface area contributed by atoms with Gasteiger partial charge in [-0.3, -0.25) is 4.98 Å². The number of para-hydroxylation sites is 1. The zero-order valence-corrected chi connectivity index (χ0v) is 30.2. The van der Waals surface area contributed by atoms with E-state index in [4.69, 9.17) is 44.6 Å². The summed E-state index contributed by atoms with van der Waals surface area (Å²) in [6.07, 6.45) is 1.76. The van der Waals surface area contributed by atoms with Crippen LogP contribution < -0.4 is 14.7 Å². The fourth-order valence-corrected chi connectivity index (χ4v) is 6.89. The van der Waals surface area contributed by atoms with Crippen LogP contribution in [-0.4, -0.2) is 34.9 Å². The van der Waals surface area contributed by atoms with Gasteiger partial charge in [0.2, 0.25) is 0 Å². The zero-order valence-electron chi connectivity index (χ0n) is 27.3. The summed E-state index contributed by atoms with van der Waals surface area (Å²) in [5, 5.41) is 4.35. The average molecular weight is 721 g/mol. The summed E-state index contributed by atoms with van der Waals surface area (Å²) in [4.78, 5) is 44.7. The summed E-state index contributed by atoms with van der Waals surface area (Å²) in [7, 11) is 0. The van der Waals surface area contributed by atoms with Crippen molar-refractivity contribution in [2.24, 2.45) is 0 Å². The minimum Gasteiger partial charge on any atom is -0.454 e. The van der Waals surface area contributed by atoms with Crippen molar-refractivity contribution in [3.63, 3.8) is 0 Å². The fraction of sp³-hybridized carbons (Fsp3) is 0. The Morgan fingerprint density at radius 1 is 0.404 bits per heavy atom. The molecule has 4 aromatic heterocycles. The number of rotatable bonds is 2. The van der Waals surface area contributed by atoms with E-state index in [2.05, 4.69) is 4.98 Å². The fourth-order valence-electron chi connectivity index (χ4n) is 6.89. The van der Waals surface area contributed by atoms with Crippen LogP contribution in [-0.2, 0) is 19.5 Å². The molecular weight excluding hydrogens is 700 g/mol. The molecule has 0 saturated carbocycles. The minimum atomic E-state index is 0. The van der Waals surface area contributed by atoms with E-state index < -0.39 is 0 Å². The van der Waals surface area contributed by atoms with Crippen molar-refractivity contribution >= 4 is 55.0 Å². The average Bonchev–Trinajstić information content (AvgIpc) is 3.91. The number of ether oxygens (including phenoxy) is 1. The van der Waals surface area contributed by atoms with Gasteiger partial charge in [0, 0.05) is 70.3 Å². The van der Waals surface area contributed by atoms with Crippen LogP contribution in [0.1, 0.15) is 0 Å². The van der Waals surface area contributed by atoms with E-state index in [9.17, 15) is 0 Å². The van der Waals surface area contributed by atoms with Gasteiger partial charge in [-0.1, -0.05) is 103 Å². The van der Waals surface area contributed by atoms with E-state index in [-0.39, 0.29) is 19.5 Å². The monoisotopic (exact) mass is 719 g/mol. The van der Waals surface area contributed by atoms with Crippen LogP contribution in [0.3, 0.4) is 0 Å². The molecule has 0 atom stereocenters. The Bertz CT molecular complexity index is 3090. The molecule has 6 heterocycles. The van der Waals surface area contributed by atoms with E-state index in [1.54, 1.807) is 6.20 Å². The molecule has 5 aromatic carbocycles. The summed E-state index contributed by atoms with van der Waals surface area (Å²) in [6, 6.07) is 39.4. The van der Waals surface area contributed by atoms with E-state index >= 15 is 0 Å². The topological polar surface area (TPSA) is 128 Å². The van der Waals surface area contributed by atoms with E-state index in [1.807, 2.05) is 121 Å². The summed E-state index contributed by atoms with van der Waals surface area (Å²) >= 11 is 0.